The lowest BCUT2D eigenvalue weighted by Gasteiger charge is -2.39. The molecule has 47 heavy (non-hydrogen) atoms. The summed E-state index contributed by atoms with van der Waals surface area (Å²) in [6.07, 6.45) is 10.8. The number of carbonyl (C=O) groups excluding carboxylic acids is 2. The molecule has 0 bridgehead atoms. The van der Waals surface area contributed by atoms with Crippen molar-refractivity contribution in [2.24, 2.45) is 17.6 Å². The van der Waals surface area contributed by atoms with Crippen molar-refractivity contribution in [2.75, 3.05) is 53.7 Å². The third-order valence-corrected chi connectivity index (χ3v) is 9.99. The fourth-order valence-corrected chi connectivity index (χ4v) is 7.11. The van der Waals surface area contributed by atoms with E-state index in [0.29, 0.717) is 66.6 Å². The molecule has 2 unspecified atom stereocenters. The molecule has 2 atom stereocenters. The predicted molar refractivity (Wildman–Crippen MR) is 182 cm³/mol. The monoisotopic (exact) mass is 646 g/mol. The Morgan fingerprint density at radius 1 is 1.02 bits per heavy atom. The zero-order valence-corrected chi connectivity index (χ0v) is 27.4. The van der Waals surface area contributed by atoms with Crippen LogP contribution in [0.4, 0.5) is 27.5 Å². The number of rotatable bonds is 9. The van der Waals surface area contributed by atoms with E-state index in [4.69, 9.17) is 10.7 Å². The van der Waals surface area contributed by atoms with Gasteiger partial charge in [-0.3, -0.25) is 9.59 Å². The van der Waals surface area contributed by atoms with Gasteiger partial charge in [0, 0.05) is 51.0 Å². The number of nitrogens with one attached hydrogen (secondary N) is 4. The maximum absolute atomic E-state index is 15.1. The molecular formula is C34H47FN10O2. The molecule has 6 N–H and O–H groups in total. The molecular weight excluding hydrogens is 599 g/mol. The fraction of sp³-hybridized carbons (Fsp3) is 0.559. The van der Waals surface area contributed by atoms with Crippen molar-refractivity contribution in [3.8, 4) is 11.4 Å². The van der Waals surface area contributed by atoms with Crippen molar-refractivity contribution >= 4 is 35.0 Å². The van der Waals surface area contributed by atoms with E-state index < -0.39 is 5.91 Å². The van der Waals surface area contributed by atoms with Gasteiger partial charge in [-0.25, -0.2) is 14.4 Å². The summed E-state index contributed by atoms with van der Waals surface area (Å²) in [5.41, 5.74) is 7.62. The second-order valence-corrected chi connectivity index (χ2v) is 13.2. The lowest BCUT2D eigenvalue weighted by molar-refractivity contribution is -0.126. The minimum Gasteiger partial charge on any atom is -0.367 e. The highest BCUT2D eigenvalue weighted by molar-refractivity contribution is 6.04. The minimum absolute atomic E-state index is 0.0778. The average molecular weight is 647 g/mol. The lowest BCUT2D eigenvalue weighted by Crippen LogP contribution is -2.49. The number of amides is 2. The molecule has 3 aliphatic rings. The molecule has 1 aliphatic carbocycles. The molecule has 2 aliphatic heterocycles. The van der Waals surface area contributed by atoms with Crippen LogP contribution in [0.1, 0.15) is 75.3 Å². The van der Waals surface area contributed by atoms with Gasteiger partial charge in [0.15, 0.2) is 5.82 Å². The van der Waals surface area contributed by atoms with Gasteiger partial charge in [-0.05, 0) is 70.0 Å². The summed E-state index contributed by atoms with van der Waals surface area (Å²) in [7, 11) is 1.75. The largest absolute Gasteiger partial charge is 0.367 e. The zero-order chi connectivity index (χ0) is 32.9. The number of aromatic amines is 1. The van der Waals surface area contributed by atoms with E-state index in [1.165, 1.54) is 25.3 Å². The lowest BCUT2D eigenvalue weighted by atomic mass is 9.91. The molecule has 3 aromatic rings. The number of anilines is 4. The Hall–Kier alpha value is -4.26. The SMILES string of the molecule is CNc1nc(-c2c[nH]c(C(=O)Nc3cccc(F)c3N3CCC(CN)CC3)n2)cc(N2CC(C(=O)NC3CCCCC3)CCC2C)n1. The third-order valence-electron chi connectivity index (χ3n) is 9.99. The molecule has 4 heterocycles. The highest BCUT2D eigenvalue weighted by Crippen LogP contribution is 2.34. The first-order valence-corrected chi connectivity index (χ1v) is 17.1. The molecule has 0 spiro atoms. The maximum atomic E-state index is 15.1. The molecule has 2 aromatic heterocycles. The van der Waals surface area contributed by atoms with Crippen molar-refractivity contribution in [1.82, 2.24) is 25.3 Å². The number of nitrogens with zero attached hydrogens (tertiary/aromatic N) is 5. The number of hydrogen-bond acceptors (Lipinski definition) is 9. The quantitative estimate of drug-likeness (QED) is 0.225. The first kappa shape index (κ1) is 32.7. The van der Waals surface area contributed by atoms with Crippen LogP contribution in [0.15, 0.2) is 30.5 Å². The summed E-state index contributed by atoms with van der Waals surface area (Å²) in [5, 5.41) is 9.20. The van der Waals surface area contributed by atoms with Gasteiger partial charge in [0.25, 0.3) is 5.91 Å². The highest BCUT2D eigenvalue weighted by Gasteiger charge is 2.33. The second kappa shape index (κ2) is 14.7. The summed E-state index contributed by atoms with van der Waals surface area (Å²) in [5.74, 6) is 0.741. The van der Waals surface area contributed by atoms with Crippen LogP contribution in [0.25, 0.3) is 11.4 Å². The van der Waals surface area contributed by atoms with E-state index >= 15 is 4.39 Å². The van der Waals surface area contributed by atoms with Crippen LogP contribution < -0.4 is 31.5 Å². The number of halogens is 1. The number of piperidine rings is 2. The normalized spacial score (nSPS) is 21.0. The molecule has 1 aromatic carbocycles. The number of carbonyl (C=O) groups is 2. The van der Waals surface area contributed by atoms with Crippen LogP contribution >= 0.6 is 0 Å². The summed E-state index contributed by atoms with van der Waals surface area (Å²) in [6.45, 7) is 4.67. The van der Waals surface area contributed by atoms with Crippen molar-refractivity contribution < 1.29 is 14.0 Å². The van der Waals surface area contributed by atoms with Crippen LogP contribution in [0.5, 0.6) is 0 Å². The Kier molecular flexibility index (Phi) is 10.2. The summed E-state index contributed by atoms with van der Waals surface area (Å²) >= 11 is 0. The van der Waals surface area contributed by atoms with Crippen molar-refractivity contribution in [1.29, 1.82) is 0 Å². The van der Waals surface area contributed by atoms with Crippen molar-refractivity contribution in [3.63, 3.8) is 0 Å². The molecule has 2 amide bonds. The smallest absolute Gasteiger partial charge is 0.291 e. The molecule has 2 saturated heterocycles. The van der Waals surface area contributed by atoms with E-state index in [0.717, 1.165) is 38.5 Å². The van der Waals surface area contributed by atoms with Gasteiger partial charge in [-0.2, -0.15) is 4.98 Å². The van der Waals surface area contributed by atoms with E-state index in [9.17, 15) is 9.59 Å². The van der Waals surface area contributed by atoms with Gasteiger partial charge in [0.05, 0.1) is 23.0 Å². The first-order valence-electron chi connectivity index (χ1n) is 17.1. The highest BCUT2D eigenvalue weighted by atomic mass is 19.1. The summed E-state index contributed by atoms with van der Waals surface area (Å²) < 4.78 is 15.1. The molecule has 12 nitrogen and oxygen atoms in total. The zero-order valence-electron chi connectivity index (χ0n) is 27.4. The maximum Gasteiger partial charge on any atom is 0.291 e. The van der Waals surface area contributed by atoms with Crippen LogP contribution in [0.3, 0.4) is 0 Å². The van der Waals surface area contributed by atoms with Crippen LogP contribution in [-0.4, -0.2) is 77.1 Å². The summed E-state index contributed by atoms with van der Waals surface area (Å²) in [6, 6.07) is 7.01. The number of para-hydroxylation sites is 1. The Bertz CT molecular complexity index is 1550. The third kappa shape index (κ3) is 7.50. The topological polar surface area (TPSA) is 157 Å². The summed E-state index contributed by atoms with van der Waals surface area (Å²) in [4.78, 5) is 47.7. The van der Waals surface area contributed by atoms with E-state index in [1.54, 1.807) is 25.4 Å². The Balaban J connectivity index is 1.18. The average Bonchev–Trinajstić information content (AvgIpc) is 3.60. The molecule has 6 rings (SSSR count). The van der Waals surface area contributed by atoms with Gasteiger partial charge < -0.3 is 36.5 Å². The number of nitrogens with two attached hydrogens (primary N) is 1. The minimum atomic E-state index is -0.487. The van der Waals surface area contributed by atoms with Crippen molar-refractivity contribution in [3.05, 3.63) is 42.1 Å². The number of imidazole rings is 1. The Labute approximate surface area is 275 Å². The van der Waals surface area contributed by atoms with Crippen molar-refractivity contribution in [2.45, 2.75) is 76.8 Å². The number of H-pyrrole nitrogens is 1. The van der Waals surface area contributed by atoms with Crippen LogP contribution in [-0.2, 0) is 4.79 Å². The Morgan fingerprint density at radius 2 is 1.81 bits per heavy atom. The molecule has 13 heteroatoms. The number of aromatic nitrogens is 4. The van der Waals surface area contributed by atoms with E-state index in [2.05, 4.69) is 42.7 Å². The van der Waals surface area contributed by atoms with Crippen LogP contribution in [0, 0.1) is 17.7 Å². The van der Waals surface area contributed by atoms with E-state index in [1.807, 2.05) is 11.0 Å². The van der Waals surface area contributed by atoms with Gasteiger partial charge in [-0.1, -0.05) is 25.3 Å². The van der Waals surface area contributed by atoms with Gasteiger partial charge in [0.2, 0.25) is 11.9 Å². The molecule has 3 fully saturated rings. The standard InChI is InChI=1S/C34H47FN10O2/c1-21-11-12-23(32(46)39-24-7-4-3-5-8-24)20-45(21)29-17-27(42-34(37-2)43-29)28-19-38-31(40-28)33(47)41-26-10-6-9-25(35)30(26)44-15-13-22(18-36)14-16-44/h6,9-10,17,19,21-24H,3-5,7-8,11-16,18,20,36H2,1-2H3,(H,38,40)(H,39,46)(H,41,47)(H,37,42,43). The van der Waals surface area contributed by atoms with Gasteiger partial charge in [-0.15, -0.1) is 0 Å². The molecule has 0 radical (unpaired) electrons. The van der Waals surface area contributed by atoms with Gasteiger partial charge in [0.1, 0.15) is 17.3 Å². The fourth-order valence-electron chi connectivity index (χ4n) is 7.11. The second-order valence-electron chi connectivity index (χ2n) is 13.2. The van der Waals surface area contributed by atoms with E-state index in [-0.39, 0.29) is 35.6 Å². The first-order chi connectivity index (χ1) is 22.8. The predicted octanol–water partition coefficient (Wildman–Crippen LogP) is 4.53. The molecule has 252 valence electrons. The Morgan fingerprint density at radius 3 is 2.55 bits per heavy atom. The molecule has 1 saturated carbocycles. The number of hydrogen-bond donors (Lipinski definition) is 5. The van der Waals surface area contributed by atoms with Crippen LogP contribution in [0.2, 0.25) is 0 Å². The van der Waals surface area contributed by atoms with Gasteiger partial charge >= 0.3 is 0 Å². The number of benzene rings is 1.